The van der Waals surface area contributed by atoms with Crippen LogP contribution in [0.1, 0.15) is 6.92 Å². The molecule has 26 heavy (non-hydrogen) atoms. The van der Waals surface area contributed by atoms with Crippen molar-refractivity contribution < 1.29 is 14.3 Å². The Balaban J connectivity index is 1.69. The Kier molecular flexibility index (Phi) is 5.77. The molecule has 0 saturated heterocycles. The largest absolute Gasteiger partial charge is 0.481 e. The summed E-state index contributed by atoms with van der Waals surface area (Å²) in [4.78, 5) is 12.5. The predicted octanol–water partition coefficient (Wildman–Crippen LogP) is 5.54. The summed E-state index contributed by atoms with van der Waals surface area (Å²) in [5.41, 5.74) is 0.572. The van der Waals surface area contributed by atoms with Gasteiger partial charge in [0.25, 0.3) is 5.91 Å². The molecule has 132 valence electrons. The molecule has 0 aliphatic carbocycles. The lowest BCUT2D eigenvalue weighted by atomic mass is 10.2. The summed E-state index contributed by atoms with van der Waals surface area (Å²) in [6.45, 7) is 1.68. The van der Waals surface area contributed by atoms with Crippen molar-refractivity contribution in [1.29, 1.82) is 0 Å². The van der Waals surface area contributed by atoms with Crippen molar-refractivity contribution in [3.63, 3.8) is 0 Å². The molecule has 0 spiro atoms. The van der Waals surface area contributed by atoms with Gasteiger partial charge in [-0.2, -0.15) is 0 Å². The van der Waals surface area contributed by atoms with E-state index >= 15 is 0 Å². The maximum atomic E-state index is 12.5. The van der Waals surface area contributed by atoms with Gasteiger partial charge in [0.1, 0.15) is 11.5 Å². The first-order valence-electron chi connectivity index (χ1n) is 8.17. The number of rotatable bonds is 6. The Morgan fingerprint density at radius 2 is 1.62 bits per heavy atom. The van der Waals surface area contributed by atoms with E-state index < -0.39 is 6.10 Å². The van der Waals surface area contributed by atoms with Gasteiger partial charge in [-0.05, 0) is 49.4 Å². The molecule has 0 heterocycles. The summed E-state index contributed by atoms with van der Waals surface area (Å²) in [6, 6.07) is 23.6. The number of ether oxygens (including phenoxy) is 2. The molecule has 0 aliphatic rings. The van der Waals surface area contributed by atoms with Crippen molar-refractivity contribution in [1.82, 2.24) is 0 Å². The lowest BCUT2D eigenvalue weighted by Crippen LogP contribution is -2.30. The first kappa shape index (κ1) is 17.8. The first-order valence-corrected chi connectivity index (χ1v) is 8.54. The van der Waals surface area contributed by atoms with Crippen LogP contribution in [0.5, 0.6) is 17.2 Å². The maximum absolute atomic E-state index is 12.5. The van der Waals surface area contributed by atoms with Gasteiger partial charge >= 0.3 is 0 Å². The zero-order valence-electron chi connectivity index (χ0n) is 14.2. The number of hydrogen-bond donors (Lipinski definition) is 1. The summed E-state index contributed by atoms with van der Waals surface area (Å²) in [7, 11) is 0. The Hall–Kier alpha value is -2.98. The second-order valence-electron chi connectivity index (χ2n) is 5.62. The van der Waals surface area contributed by atoms with Crippen molar-refractivity contribution in [2.75, 3.05) is 5.32 Å². The summed E-state index contributed by atoms with van der Waals surface area (Å²) >= 11 is 5.94. The Bertz CT molecular complexity index is 883. The van der Waals surface area contributed by atoms with E-state index in [9.17, 15) is 4.79 Å². The smallest absolute Gasteiger partial charge is 0.265 e. The number of hydrogen-bond acceptors (Lipinski definition) is 3. The highest BCUT2D eigenvalue weighted by Gasteiger charge is 2.17. The molecular formula is C21H18ClNO3. The van der Waals surface area contributed by atoms with Gasteiger partial charge in [0, 0.05) is 5.02 Å². The van der Waals surface area contributed by atoms with E-state index in [2.05, 4.69) is 5.32 Å². The predicted molar refractivity (Wildman–Crippen MR) is 103 cm³/mol. The van der Waals surface area contributed by atoms with E-state index in [1.807, 2.05) is 42.5 Å². The van der Waals surface area contributed by atoms with Crippen LogP contribution in [-0.4, -0.2) is 12.0 Å². The minimum absolute atomic E-state index is 0.283. The second-order valence-corrected chi connectivity index (χ2v) is 6.05. The Labute approximate surface area is 157 Å². The molecule has 0 bridgehead atoms. The average Bonchev–Trinajstić information content (AvgIpc) is 2.64. The molecule has 3 aromatic carbocycles. The van der Waals surface area contributed by atoms with Gasteiger partial charge in [-0.1, -0.05) is 48.0 Å². The van der Waals surface area contributed by atoms with Gasteiger partial charge < -0.3 is 14.8 Å². The number of benzene rings is 3. The number of anilines is 1. The molecular weight excluding hydrogens is 350 g/mol. The average molecular weight is 368 g/mol. The van der Waals surface area contributed by atoms with E-state index in [0.29, 0.717) is 28.0 Å². The summed E-state index contributed by atoms with van der Waals surface area (Å²) in [5, 5.41) is 3.40. The highest BCUT2D eigenvalue weighted by atomic mass is 35.5. The number of carbonyl (C=O) groups excluding carboxylic acids is 1. The molecule has 0 saturated carbocycles. The summed E-state index contributed by atoms with van der Waals surface area (Å²) in [6.07, 6.45) is -0.696. The molecule has 0 aliphatic heterocycles. The molecule has 5 heteroatoms. The highest BCUT2D eigenvalue weighted by Crippen LogP contribution is 2.29. The number of nitrogens with one attached hydrogen (secondary N) is 1. The summed E-state index contributed by atoms with van der Waals surface area (Å²) < 4.78 is 11.5. The van der Waals surface area contributed by atoms with Gasteiger partial charge in [0.05, 0.1) is 5.69 Å². The molecule has 0 radical (unpaired) electrons. The fraction of sp³-hybridized carbons (Fsp3) is 0.0952. The molecule has 0 fully saturated rings. The van der Waals surface area contributed by atoms with E-state index in [-0.39, 0.29) is 5.91 Å². The van der Waals surface area contributed by atoms with E-state index in [4.69, 9.17) is 21.1 Å². The zero-order chi connectivity index (χ0) is 18.4. The van der Waals surface area contributed by atoms with Crippen LogP contribution in [0, 0.1) is 0 Å². The molecule has 4 nitrogen and oxygen atoms in total. The molecule has 1 atom stereocenters. The van der Waals surface area contributed by atoms with Crippen LogP contribution in [0.15, 0.2) is 78.9 Å². The van der Waals surface area contributed by atoms with Gasteiger partial charge in [0.15, 0.2) is 11.9 Å². The van der Waals surface area contributed by atoms with Crippen LogP contribution in [-0.2, 0) is 4.79 Å². The van der Waals surface area contributed by atoms with Crippen molar-refractivity contribution in [3.8, 4) is 17.2 Å². The van der Waals surface area contributed by atoms with Crippen molar-refractivity contribution in [2.24, 2.45) is 0 Å². The number of carbonyl (C=O) groups is 1. The Morgan fingerprint density at radius 3 is 2.38 bits per heavy atom. The quantitative estimate of drug-likeness (QED) is 0.622. The van der Waals surface area contributed by atoms with Crippen LogP contribution >= 0.6 is 11.6 Å². The number of amides is 1. The maximum Gasteiger partial charge on any atom is 0.265 e. The second kappa shape index (κ2) is 8.41. The third kappa shape index (κ3) is 4.77. The molecule has 1 amide bonds. The van der Waals surface area contributed by atoms with Crippen molar-refractivity contribution >= 4 is 23.2 Å². The van der Waals surface area contributed by atoms with Gasteiger partial charge in [-0.25, -0.2) is 0 Å². The highest BCUT2D eigenvalue weighted by molar-refractivity contribution is 6.30. The summed E-state index contributed by atoms with van der Waals surface area (Å²) in [5.74, 6) is 1.50. The zero-order valence-corrected chi connectivity index (χ0v) is 14.9. The topological polar surface area (TPSA) is 47.6 Å². The third-order valence-corrected chi connectivity index (χ3v) is 3.83. The van der Waals surface area contributed by atoms with Crippen LogP contribution in [0.4, 0.5) is 5.69 Å². The molecule has 0 aromatic heterocycles. The molecule has 1 N–H and O–H groups in total. The lowest BCUT2D eigenvalue weighted by molar-refractivity contribution is -0.122. The Morgan fingerprint density at radius 1 is 0.923 bits per heavy atom. The lowest BCUT2D eigenvalue weighted by Gasteiger charge is -2.17. The molecule has 3 aromatic rings. The fourth-order valence-electron chi connectivity index (χ4n) is 2.31. The third-order valence-electron chi connectivity index (χ3n) is 3.59. The van der Waals surface area contributed by atoms with Crippen LogP contribution in [0.3, 0.4) is 0 Å². The SMILES string of the molecule is C[C@H](Oc1cccc(Cl)c1)C(=O)Nc1ccccc1Oc1ccccc1. The van der Waals surface area contributed by atoms with Crippen LogP contribution < -0.4 is 14.8 Å². The minimum atomic E-state index is -0.696. The van der Waals surface area contributed by atoms with Crippen molar-refractivity contribution in [2.45, 2.75) is 13.0 Å². The van der Waals surface area contributed by atoms with Crippen LogP contribution in [0.25, 0.3) is 0 Å². The van der Waals surface area contributed by atoms with Crippen LogP contribution in [0.2, 0.25) is 5.02 Å². The fourth-order valence-corrected chi connectivity index (χ4v) is 2.49. The minimum Gasteiger partial charge on any atom is -0.481 e. The van der Waals surface area contributed by atoms with Gasteiger partial charge in [-0.15, -0.1) is 0 Å². The first-order chi connectivity index (χ1) is 12.6. The standard InChI is InChI=1S/C21H18ClNO3/c1-15(25-18-11-7-8-16(22)14-18)21(24)23-19-12-5-6-13-20(19)26-17-9-3-2-4-10-17/h2-15H,1H3,(H,23,24)/t15-/m0/s1. The van der Waals surface area contributed by atoms with E-state index in [0.717, 1.165) is 0 Å². The molecule has 3 rings (SSSR count). The van der Waals surface area contributed by atoms with Crippen molar-refractivity contribution in [3.05, 3.63) is 83.9 Å². The van der Waals surface area contributed by atoms with Gasteiger partial charge in [-0.3, -0.25) is 4.79 Å². The van der Waals surface area contributed by atoms with E-state index in [1.54, 1.807) is 43.3 Å². The molecule has 0 unspecified atom stereocenters. The monoisotopic (exact) mass is 367 g/mol. The van der Waals surface area contributed by atoms with E-state index in [1.165, 1.54) is 0 Å². The number of halogens is 1. The normalized spacial score (nSPS) is 11.5. The number of para-hydroxylation sites is 3. The van der Waals surface area contributed by atoms with Gasteiger partial charge in [0.2, 0.25) is 0 Å².